The molecule has 41 heavy (non-hydrogen) atoms. The molecule has 0 bridgehead atoms. The van der Waals surface area contributed by atoms with Gasteiger partial charge in [0, 0.05) is 23.3 Å². The van der Waals surface area contributed by atoms with E-state index in [0.29, 0.717) is 17.1 Å². The average molecular weight is 609 g/mol. The zero-order chi connectivity index (χ0) is 30.3. The molecule has 218 valence electrons. The molecule has 0 spiro atoms. The first-order valence-electron chi connectivity index (χ1n) is 12.1. The summed E-state index contributed by atoms with van der Waals surface area (Å²) in [4.78, 5) is 48.2. The third-order valence-electron chi connectivity index (χ3n) is 5.64. The molecule has 0 aliphatic carbocycles. The van der Waals surface area contributed by atoms with Gasteiger partial charge in [0.25, 0.3) is 18.2 Å². The number of carbonyl (C=O) groups excluding carboxylic acids is 3. The highest BCUT2D eigenvalue weighted by molar-refractivity contribution is 7.87. The number of pyridine rings is 1. The van der Waals surface area contributed by atoms with Gasteiger partial charge in [-0.1, -0.05) is 41.3 Å². The fourth-order valence-corrected chi connectivity index (χ4v) is 4.89. The maximum atomic E-state index is 13.6. The van der Waals surface area contributed by atoms with Crippen LogP contribution in [0.2, 0.25) is 5.02 Å². The first-order chi connectivity index (χ1) is 19.6. The highest BCUT2D eigenvalue weighted by atomic mass is 35.5. The van der Waals surface area contributed by atoms with Crippen LogP contribution in [0.4, 0.5) is 14.5 Å². The number of rotatable bonds is 10. The predicted octanol–water partition coefficient (Wildman–Crippen LogP) is 4.92. The lowest BCUT2D eigenvalue weighted by Crippen LogP contribution is -2.22. The maximum absolute atomic E-state index is 13.6. The number of hydrogen-bond acceptors (Lipinski definition) is 8. The van der Waals surface area contributed by atoms with Crippen LogP contribution >= 0.6 is 11.6 Å². The van der Waals surface area contributed by atoms with Gasteiger partial charge >= 0.3 is 5.97 Å². The van der Waals surface area contributed by atoms with Crippen molar-refractivity contribution >= 4 is 51.5 Å². The molecule has 15 heteroatoms. The van der Waals surface area contributed by atoms with E-state index in [1.165, 1.54) is 37.6 Å². The van der Waals surface area contributed by atoms with E-state index >= 15 is 0 Å². The van der Waals surface area contributed by atoms with Crippen molar-refractivity contribution < 1.29 is 32.7 Å². The standard InChI is InChI=1S/C26H27ClF2N6O5S/c1-6-41(7-2)34-24(36)16-12-15(21(33-40-5)26(38)39-4)11-14(3)20(16)31-25(37)19-13-18(22(28)29)32-35(19)23-17(27)9-8-10-30-23/h8-13,22H,6-7H2,1-5H3,(H,31,37)/b33-21-. The van der Waals surface area contributed by atoms with E-state index in [2.05, 4.69) is 24.9 Å². The lowest BCUT2D eigenvalue weighted by atomic mass is 9.99. The van der Waals surface area contributed by atoms with Crippen LogP contribution in [0.3, 0.4) is 0 Å². The molecule has 1 N–H and O–H groups in total. The summed E-state index contributed by atoms with van der Waals surface area (Å²) >= 11 is 6.20. The monoisotopic (exact) mass is 608 g/mol. The molecule has 0 atom stereocenters. The summed E-state index contributed by atoms with van der Waals surface area (Å²) in [5.41, 5.74) is -0.711. The third-order valence-corrected chi connectivity index (χ3v) is 7.69. The van der Waals surface area contributed by atoms with Crippen molar-refractivity contribution in [2.45, 2.75) is 27.2 Å². The Morgan fingerprint density at radius 3 is 2.46 bits per heavy atom. The van der Waals surface area contributed by atoms with Gasteiger partial charge in [0.2, 0.25) is 0 Å². The highest BCUT2D eigenvalue weighted by Gasteiger charge is 2.27. The van der Waals surface area contributed by atoms with Crippen molar-refractivity contribution in [1.29, 1.82) is 0 Å². The number of aryl methyl sites for hydroxylation is 1. The summed E-state index contributed by atoms with van der Waals surface area (Å²) in [5, 5.41) is 10.2. The van der Waals surface area contributed by atoms with Gasteiger partial charge in [0.05, 0.1) is 23.4 Å². The Balaban J connectivity index is 2.20. The van der Waals surface area contributed by atoms with Crippen molar-refractivity contribution in [3.05, 3.63) is 69.6 Å². The zero-order valence-electron chi connectivity index (χ0n) is 22.8. The number of benzene rings is 1. The number of nitrogens with one attached hydrogen (secondary N) is 1. The molecular weight excluding hydrogens is 582 g/mol. The van der Waals surface area contributed by atoms with Gasteiger partial charge in [-0.3, -0.25) is 9.59 Å². The average Bonchev–Trinajstić information content (AvgIpc) is 3.41. The lowest BCUT2D eigenvalue weighted by Gasteiger charge is -2.16. The van der Waals surface area contributed by atoms with Gasteiger partial charge in [0.1, 0.15) is 18.5 Å². The third kappa shape index (κ3) is 7.19. The number of aromatic nitrogens is 3. The minimum atomic E-state index is -2.99. The largest absolute Gasteiger partial charge is 0.464 e. The van der Waals surface area contributed by atoms with E-state index in [4.69, 9.17) is 21.2 Å². The van der Waals surface area contributed by atoms with Gasteiger partial charge in [0.15, 0.2) is 11.5 Å². The molecule has 3 rings (SSSR count). The minimum Gasteiger partial charge on any atom is -0.464 e. The zero-order valence-corrected chi connectivity index (χ0v) is 24.3. The molecule has 0 saturated carbocycles. The first kappa shape index (κ1) is 31.5. The highest BCUT2D eigenvalue weighted by Crippen LogP contribution is 2.28. The molecule has 11 nitrogen and oxygen atoms in total. The normalized spacial score (nSPS) is 11.5. The van der Waals surface area contributed by atoms with Crippen molar-refractivity contribution in [1.82, 2.24) is 14.8 Å². The fourth-order valence-electron chi connectivity index (χ4n) is 3.69. The van der Waals surface area contributed by atoms with E-state index in [-0.39, 0.29) is 39.1 Å². The Bertz CT molecular complexity index is 1540. The Morgan fingerprint density at radius 2 is 1.88 bits per heavy atom. The lowest BCUT2D eigenvalue weighted by molar-refractivity contribution is -0.132. The SMILES string of the molecule is CCS(CC)=NC(=O)c1cc(/C(=N/OC)C(=O)OC)cc(C)c1NC(=O)c1cc(C(F)F)nn1-c1ncccc1Cl. The van der Waals surface area contributed by atoms with E-state index in [9.17, 15) is 23.2 Å². The summed E-state index contributed by atoms with van der Waals surface area (Å²) in [7, 11) is 1.80. The Labute approximate surface area is 242 Å². The van der Waals surface area contributed by atoms with E-state index in [1.54, 1.807) is 6.92 Å². The second kappa shape index (κ2) is 14.0. The minimum absolute atomic E-state index is 0.0435. The first-order valence-corrected chi connectivity index (χ1v) is 14.0. The molecule has 0 unspecified atom stereocenters. The Kier molecular flexibility index (Phi) is 10.8. The topological polar surface area (TPSA) is 137 Å². The number of amides is 2. The van der Waals surface area contributed by atoms with Gasteiger partial charge in [-0.15, -0.1) is 0 Å². The van der Waals surface area contributed by atoms with Crippen molar-refractivity contribution in [3.8, 4) is 5.82 Å². The quantitative estimate of drug-likeness (QED) is 0.196. The Hall–Kier alpha value is -4.04. The number of esters is 1. The number of halogens is 3. The molecule has 0 aliphatic rings. The van der Waals surface area contributed by atoms with Gasteiger partial charge in [-0.2, -0.15) is 9.46 Å². The van der Waals surface area contributed by atoms with Gasteiger partial charge in [-0.05, 0) is 42.8 Å². The summed E-state index contributed by atoms with van der Waals surface area (Å²) < 4.78 is 37.2. The molecule has 0 aliphatic heterocycles. The summed E-state index contributed by atoms with van der Waals surface area (Å²) in [5.74, 6) is -1.18. The van der Waals surface area contributed by atoms with Crippen LogP contribution in [0.1, 0.15) is 57.9 Å². The number of carbonyl (C=O) groups is 3. The molecule has 0 fully saturated rings. The van der Waals surface area contributed by atoms with Crippen LogP contribution in [0.15, 0.2) is 46.0 Å². The van der Waals surface area contributed by atoms with E-state index < -0.39 is 40.6 Å². The Morgan fingerprint density at radius 1 is 1.17 bits per heavy atom. The summed E-state index contributed by atoms with van der Waals surface area (Å²) in [6.45, 7) is 5.35. The molecular formula is C26H27ClF2N6O5S. The molecule has 2 heterocycles. The second-order valence-corrected chi connectivity index (χ2v) is 10.9. The van der Waals surface area contributed by atoms with Crippen molar-refractivity contribution in [3.63, 3.8) is 0 Å². The molecule has 0 saturated heterocycles. The number of ether oxygens (including phenoxy) is 1. The second-order valence-electron chi connectivity index (χ2n) is 8.20. The number of oxime groups is 1. The fraction of sp³-hybridized carbons (Fsp3) is 0.308. The number of nitrogens with zero attached hydrogens (tertiary/aromatic N) is 5. The van der Waals surface area contributed by atoms with Crippen LogP contribution in [-0.4, -0.2) is 64.0 Å². The van der Waals surface area contributed by atoms with Crippen LogP contribution in [0.25, 0.3) is 5.82 Å². The van der Waals surface area contributed by atoms with Crippen LogP contribution in [0.5, 0.6) is 0 Å². The molecule has 1 aromatic carbocycles. The number of anilines is 1. The predicted molar refractivity (Wildman–Crippen MR) is 151 cm³/mol. The maximum Gasteiger partial charge on any atom is 0.360 e. The van der Waals surface area contributed by atoms with Crippen LogP contribution in [-0.2, 0) is 25.1 Å². The number of alkyl halides is 2. The number of methoxy groups -OCH3 is 1. The van der Waals surface area contributed by atoms with Gasteiger partial charge in [-0.25, -0.2) is 23.2 Å². The van der Waals surface area contributed by atoms with E-state index in [0.717, 1.165) is 17.9 Å². The molecule has 0 radical (unpaired) electrons. The van der Waals surface area contributed by atoms with E-state index in [1.807, 2.05) is 13.8 Å². The summed E-state index contributed by atoms with van der Waals surface area (Å²) in [6.07, 6.45) is -1.62. The number of hydrogen-bond donors (Lipinski definition) is 1. The van der Waals surface area contributed by atoms with Crippen molar-refractivity contribution in [2.24, 2.45) is 9.52 Å². The van der Waals surface area contributed by atoms with Crippen molar-refractivity contribution in [2.75, 3.05) is 31.0 Å². The van der Waals surface area contributed by atoms with Crippen LogP contribution in [0, 0.1) is 6.92 Å². The molecule has 3 aromatic rings. The smallest absolute Gasteiger partial charge is 0.360 e. The molecule has 2 aromatic heterocycles. The van der Waals surface area contributed by atoms with Crippen LogP contribution < -0.4 is 5.32 Å². The summed E-state index contributed by atoms with van der Waals surface area (Å²) in [6, 6.07) is 6.72. The molecule has 2 amide bonds. The van der Waals surface area contributed by atoms with Gasteiger partial charge < -0.3 is 14.9 Å².